The van der Waals surface area contributed by atoms with Crippen molar-refractivity contribution >= 4 is 50.7 Å². The standard InChI is InChI=1S/C33H33Cl2N3O4S/c1-2-21-36-33(40)31(22-25-11-5-3-6-12-25)37(23-26-17-19-27(34)20-18-26)32(39)24-38(30-16-10-9-15-29(30)35)43(41,42)28-13-7-4-8-14-28/h3-20,31H,2,21-24H2,1H3,(H,36,40). The second kappa shape index (κ2) is 15.0. The van der Waals surface area contributed by atoms with Crippen LogP contribution in [0.5, 0.6) is 0 Å². The number of amides is 2. The smallest absolute Gasteiger partial charge is 0.264 e. The summed E-state index contributed by atoms with van der Waals surface area (Å²) in [7, 11) is -4.22. The quantitative estimate of drug-likeness (QED) is 0.185. The maximum Gasteiger partial charge on any atom is 0.264 e. The van der Waals surface area contributed by atoms with Crippen LogP contribution in [0.25, 0.3) is 0 Å². The first-order chi connectivity index (χ1) is 20.7. The number of nitrogens with one attached hydrogen (secondary N) is 1. The Hall–Kier alpha value is -3.85. The molecule has 4 rings (SSSR count). The van der Waals surface area contributed by atoms with Gasteiger partial charge in [-0.3, -0.25) is 13.9 Å². The molecule has 4 aromatic carbocycles. The molecule has 0 aromatic heterocycles. The average Bonchev–Trinajstić information content (AvgIpc) is 3.02. The first kappa shape index (κ1) is 32.1. The maximum atomic E-state index is 14.4. The highest BCUT2D eigenvalue weighted by molar-refractivity contribution is 7.92. The van der Waals surface area contributed by atoms with Crippen molar-refractivity contribution in [3.63, 3.8) is 0 Å². The third-order valence-corrected chi connectivity index (χ3v) is 9.16. The molecule has 0 aliphatic rings. The summed E-state index contributed by atoms with van der Waals surface area (Å²) in [6.07, 6.45) is 0.942. The molecule has 0 spiro atoms. The molecule has 1 unspecified atom stereocenters. The first-order valence-electron chi connectivity index (χ1n) is 13.9. The molecular formula is C33H33Cl2N3O4S. The lowest BCUT2D eigenvalue weighted by Gasteiger charge is -2.34. The Morgan fingerprint density at radius 3 is 2.02 bits per heavy atom. The van der Waals surface area contributed by atoms with E-state index < -0.39 is 28.5 Å². The van der Waals surface area contributed by atoms with E-state index in [9.17, 15) is 18.0 Å². The zero-order valence-electron chi connectivity index (χ0n) is 23.7. The van der Waals surface area contributed by atoms with Crippen molar-refractivity contribution in [3.05, 3.63) is 130 Å². The molecule has 4 aromatic rings. The number of rotatable bonds is 13. The number of anilines is 1. The van der Waals surface area contributed by atoms with Gasteiger partial charge >= 0.3 is 0 Å². The first-order valence-corrected chi connectivity index (χ1v) is 16.1. The van der Waals surface area contributed by atoms with E-state index in [0.29, 0.717) is 18.0 Å². The molecule has 10 heteroatoms. The van der Waals surface area contributed by atoms with Crippen molar-refractivity contribution in [2.45, 2.75) is 37.2 Å². The number of sulfonamides is 1. The maximum absolute atomic E-state index is 14.4. The van der Waals surface area contributed by atoms with E-state index in [1.54, 1.807) is 66.7 Å². The molecule has 0 aliphatic heterocycles. The molecule has 1 atom stereocenters. The van der Waals surface area contributed by atoms with Crippen molar-refractivity contribution in [1.82, 2.24) is 10.2 Å². The summed E-state index contributed by atoms with van der Waals surface area (Å²) in [5.41, 5.74) is 1.74. The Labute approximate surface area is 263 Å². The van der Waals surface area contributed by atoms with Crippen molar-refractivity contribution in [2.24, 2.45) is 0 Å². The molecule has 224 valence electrons. The number of carbonyl (C=O) groups excluding carboxylic acids is 2. The van der Waals surface area contributed by atoms with Crippen LogP contribution in [0.3, 0.4) is 0 Å². The monoisotopic (exact) mass is 637 g/mol. The highest BCUT2D eigenvalue weighted by Gasteiger charge is 2.35. The molecule has 0 bridgehead atoms. The van der Waals surface area contributed by atoms with Crippen molar-refractivity contribution in [3.8, 4) is 0 Å². The minimum atomic E-state index is -4.22. The van der Waals surface area contributed by atoms with Gasteiger partial charge in [0.15, 0.2) is 0 Å². The number of halogens is 2. The van der Waals surface area contributed by atoms with Crippen LogP contribution in [0.2, 0.25) is 10.0 Å². The molecule has 0 heterocycles. The molecule has 0 saturated carbocycles. The van der Waals surface area contributed by atoms with Crippen LogP contribution in [0.15, 0.2) is 114 Å². The normalized spacial score (nSPS) is 11.9. The largest absolute Gasteiger partial charge is 0.354 e. The topological polar surface area (TPSA) is 86.8 Å². The second-order valence-corrected chi connectivity index (χ2v) is 12.6. The van der Waals surface area contributed by atoms with E-state index >= 15 is 0 Å². The average molecular weight is 639 g/mol. The molecular weight excluding hydrogens is 605 g/mol. The number of para-hydroxylation sites is 1. The summed E-state index contributed by atoms with van der Waals surface area (Å²) in [4.78, 5) is 29.5. The Bertz CT molecular complexity index is 1620. The van der Waals surface area contributed by atoms with E-state index in [1.807, 2.05) is 37.3 Å². The zero-order valence-corrected chi connectivity index (χ0v) is 26.0. The van der Waals surface area contributed by atoms with Crippen LogP contribution < -0.4 is 9.62 Å². The fourth-order valence-electron chi connectivity index (χ4n) is 4.59. The molecule has 43 heavy (non-hydrogen) atoms. The van der Waals surface area contributed by atoms with Gasteiger partial charge in [0, 0.05) is 24.5 Å². The van der Waals surface area contributed by atoms with Gasteiger partial charge in [-0.05, 0) is 53.9 Å². The van der Waals surface area contributed by atoms with Gasteiger partial charge in [0.25, 0.3) is 10.0 Å². The minimum absolute atomic E-state index is 0.00787. The highest BCUT2D eigenvalue weighted by atomic mass is 35.5. The van der Waals surface area contributed by atoms with Crippen molar-refractivity contribution < 1.29 is 18.0 Å². The van der Waals surface area contributed by atoms with Gasteiger partial charge in [-0.1, -0.05) is 103 Å². The lowest BCUT2D eigenvalue weighted by Crippen LogP contribution is -2.53. The number of benzene rings is 4. The van der Waals surface area contributed by atoms with E-state index in [1.165, 1.54) is 17.0 Å². The molecule has 0 saturated heterocycles. The number of nitrogens with zero attached hydrogens (tertiary/aromatic N) is 2. The lowest BCUT2D eigenvalue weighted by atomic mass is 10.0. The molecule has 0 radical (unpaired) electrons. The van der Waals surface area contributed by atoms with Gasteiger partial charge in [0.05, 0.1) is 15.6 Å². The fraction of sp³-hybridized carbons (Fsp3) is 0.212. The molecule has 7 nitrogen and oxygen atoms in total. The minimum Gasteiger partial charge on any atom is -0.354 e. The molecule has 1 N–H and O–H groups in total. The Balaban J connectivity index is 1.79. The van der Waals surface area contributed by atoms with Crippen LogP contribution in [-0.2, 0) is 32.6 Å². The third-order valence-electron chi connectivity index (χ3n) is 6.82. The van der Waals surface area contributed by atoms with Crippen molar-refractivity contribution in [2.75, 3.05) is 17.4 Å². The Kier molecular flexibility index (Phi) is 11.2. The van der Waals surface area contributed by atoms with Gasteiger partial charge in [0.1, 0.15) is 12.6 Å². The van der Waals surface area contributed by atoms with Gasteiger partial charge < -0.3 is 10.2 Å². The molecule has 0 fully saturated rings. The SMILES string of the molecule is CCCNC(=O)C(Cc1ccccc1)N(Cc1ccc(Cl)cc1)C(=O)CN(c1ccccc1Cl)S(=O)(=O)c1ccccc1. The van der Waals surface area contributed by atoms with Crippen LogP contribution in [0.1, 0.15) is 24.5 Å². The van der Waals surface area contributed by atoms with Crippen molar-refractivity contribution in [1.29, 1.82) is 0 Å². The fourth-order valence-corrected chi connectivity index (χ4v) is 6.46. The summed E-state index contributed by atoms with van der Waals surface area (Å²) >= 11 is 12.6. The summed E-state index contributed by atoms with van der Waals surface area (Å²) in [6, 6.07) is 29.7. The van der Waals surface area contributed by atoms with Crippen LogP contribution in [0.4, 0.5) is 5.69 Å². The van der Waals surface area contributed by atoms with Crippen LogP contribution in [0, 0.1) is 0 Å². The highest BCUT2D eigenvalue weighted by Crippen LogP contribution is 2.31. The van der Waals surface area contributed by atoms with E-state index in [-0.39, 0.29) is 34.5 Å². The lowest BCUT2D eigenvalue weighted by molar-refractivity contribution is -0.140. The summed E-state index contributed by atoms with van der Waals surface area (Å²) in [6.45, 7) is 1.84. The van der Waals surface area contributed by atoms with Crippen LogP contribution >= 0.6 is 23.2 Å². The number of hydrogen-bond acceptors (Lipinski definition) is 4. The van der Waals surface area contributed by atoms with E-state index in [4.69, 9.17) is 23.2 Å². The van der Waals surface area contributed by atoms with Gasteiger partial charge in [0.2, 0.25) is 11.8 Å². The van der Waals surface area contributed by atoms with E-state index in [2.05, 4.69) is 5.32 Å². The summed E-state index contributed by atoms with van der Waals surface area (Å²) in [5.74, 6) is -0.898. The zero-order chi connectivity index (χ0) is 30.8. The number of carbonyl (C=O) groups is 2. The predicted molar refractivity (Wildman–Crippen MR) is 172 cm³/mol. The third kappa shape index (κ3) is 8.38. The van der Waals surface area contributed by atoms with E-state index in [0.717, 1.165) is 15.4 Å². The number of hydrogen-bond donors (Lipinski definition) is 1. The summed E-state index contributed by atoms with van der Waals surface area (Å²) in [5, 5.41) is 3.62. The van der Waals surface area contributed by atoms with Gasteiger partial charge in [-0.25, -0.2) is 8.42 Å². The molecule has 2 amide bonds. The Morgan fingerprint density at radius 2 is 1.40 bits per heavy atom. The predicted octanol–water partition coefficient (Wildman–Crippen LogP) is 6.36. The Morgan fingerprint density at radius 1 is 0.791 bits per heavy atom. The van der Waals surface area contributed by atoms with Gasteiger partial charge in [-0.15, -0.1) is 0 Å². The van der Waals surface area contributed by atoms with Gasteiger partial charge in [-0.2, -0.15) is 0 Å². The second-order valence-electron chi connectivity index (χ2n) is 9.92. The molecule has 0 aliphatic carbocycles. The summed E-state index contributed by atoms with van der Waals surface area (Å²) < 4.78 is 29.0. The van der Waals surface area contributed by atoms with Crippen LogP contribution in [-0.4, -0.2) is 44.3 Å².